The fourth-order valence-electron chi connectivity index (χ4n) is 2.78. The van der Waals surface area contributed by atoms with Crippen LogP contribution in [0.2, 0.25) is 0 Å². The van der Waals surface area contributed by atoms with Gasteiger partial charge in [0.15, 0.2) is 0 Å². The molecule has 1 unspecified atom stereocenters. The largest absolute Gasteiger partial charge is 0.380 e. The summed E-state index contributed by atoms with van der Waals surface area (Å²) in [6, 6.07) is 7.21. The van der Waals surface area contributed by atoms with Gasteiger partial charge in [0.1, 0.15) is 5.82 Å². The summed E-state index contributed by atoms with van der Waals surface area (Å²) in [5, 5.41) is 3.48. The van der Waals surface area contributed by atoms with Crippen molar-refractivity contribution in [2.75, 3.05) is 39.4 Å². The number of ether oxygens (including phenoxy) is 1. The van der Waals surface area contributed by atoms with Gasteiger partial charge in [-0.25, -0.2) is 4.39 Å². The highest BCUT2D eigenvalue weighted by Crippen LogP contribution is 2.20. The van der Waals surface area contributed by atoms with E-state index in [0.29, 0.717) is 0 Å². The van der Waals surface area contributed by atoms with E-state index in [-0.39, 0.29) is 11.9 Å². The van der Waals surface area contributed by atoms with Crippen LogP contribution >= 0.6 is 0 Å². The second-order valence-corrected chi connectivity index (χ2v) is 5.62. The number of rotatable bonds is 7. The molecule has 0 spiro atoms. The molecule has 1 saturated heterocycles. The molecule has 3 nitrogen and oxygen atoms in total. The molecule has 1 aromatic rings. The van der Waals surface area contributed by atoms with Crippen LogP contribution in [0.1, 0.15) is 37.8 Å². The predicted molar refractivity (Wildman–Crippen MR) is 83.9 cm³/mol. The lowest BCUT2D eigenvalue weighted by Gasteiger charge is -2.24. The Labute approximate surface area is 127 Å². The fourth-order valence-corrected chi connectivity index (χ4v) is 2.78. The van der Waals surface area contributed by atoms with Crippen LogP contribution in [-0.4, -0.2) is 44.3 Å². The normalized spacial score (nSPS) is 18.4. The van der Waals surface area contributed by atoms with Gasteiger partial charge in [0.2, 0.25) is 0 Å². The third-order valence-electron chi connectivity index (χ3n) is 3.97. The molecule has 1 aliphatic heterocycles. The summed E-state index contributed by atoms with van der Waals surface area (Å²) >= 11 is 0. The Kier molecular flexibility index (Phi) is 7.13. The molecule has 0 radical (unpaired) electrons. The first kappa shape index (κ1) is 16.4. The molecule has 0 bridgehead atoms. The van der Waals surface area contributed by atoms with Gasteiger partial charge in [-0.1, -0.05) is 25.1 Å². The Balaban J connectivity index is 1.94. The van der Waals surface area contributed by atoms with Crippen molar-refractivity contribution >= 4 is 0 Å². The van der Waals surface area contributed by atoms with Crippen molar-refractivity contribution in [3.63, 3.8) is 0 Å². The quantitative estimate of drug-likeness (QED) is 0.837. The Morgan fingerprint density at radius 2 is 2.14 bits per heavy atom. The first-order chi connectivity index (χ1) is 10.3. The maximum atomic E-state index is 14.0. The number of nitrogens with zero attached hydrogens (tertiary/aromatic N) is 1. The number of hydrogen-bond donors (Lipinski definition) is 1. The SMILES string of the molecule is CCCNC(CCN1CCCOCC1)c1ccccc1F. The monoisotopic (exact) mass is 294 g/mol. The van der Waals surface area contributed by atoms with Crippen molar-refractivity contribution in [3.8, 4) is 0 Å². The molecule has 4 heteroatoms. The Morgan fingerprint density at radius 1 is 1.29 bits per heavy atom. The summed E-state index contributed by atoms with van der Waals surface area (Å²) < 4.78 is 19.5. The van der Waals surface area contributed by atoms with E-state index in [1.54, 1.807) is 12.1 Å². The molecule has 1 atom stereocenters. The molecule has 0 amide bonds. The van der Waals surface area contributed by atoms with Crippen LogP contribution < -0.4 is 5.32 Å². The minimum Gasteiger partial charge on any atom is -0.380 e. The molecule has 1 aliphatic rings. The number of nitrogens with one attached hydrogen (secondary N) is 1. The number of benzene rings is 1. The van der Waals surface area contributed by atoms with Crippen molar-refractivity contribution < 1.29 is 9.13 Å². The Hall–Kier alpha value is -0.970. The van der Waals surface area contributed by atoms with Crippen LogP contribution in [0, 0.1) is 5.82 Å². The summed E-state index contributed by atoms with van der Waals surface area (Å²) in [7, 11) is 0. The second-order valence-electron chi connectivity index (χ2n) is 5.62. The molecular formula is C17H27FN2O. The van der Waals surface area contributed by atoms with E-state index in [9.17, 15) is 4.39 Å². The van der Waals surface area contributed by atoms with E-state index in [2.05, 4.69) is 17.1 Å². The van der Waals surface area contributed by atoms with Gasteiger partial charge < -0.3 is 15.0 Å². The van der Waals surface area contributed by atoms with E-state index in [4.69, 9.17) is 4.74 Å². The van der Waals surface area contributed by atoms with Crippen LogP contribution in [0.4, 0.5) is 4.39 Å². The van der Waals surface area contributed by atoms with Gasteiger partial charge in [0.25, 0.3) is 0 Å². The van der Waals surface area contributed by atoms with Gasteiger partial charge in [-0.15, -0.1) is 0 Å². The van der Waals surface area contributed by atoms with Gasteiger partial charge in [0, 0.05) is 37.8 Å². The maximum absolute atomic E-state index is 14.0. The minimum atomic E-state index is -0.106. The van der Waals surface area contributed by atoms with Crippen LogP contribution in [-0.2, 0) is 4.74 Å². The second kappa shape index (κ2) is 9.13. The highest BCUT2D eigenvalue weighted by molar-refractivity contribution is 5.21. The summed E-state index contributed by atoms with van der Waals surface area (Å²) in [6.07, 6.45) is 3.08. The summed E-state index contributed by atoms with van der Waals surface area (Å²) in [5.41, 5.74) is 0.789. The third kappa shape index (κ3) is 5.38. The van der Waals surface area contributed by atoms with Crippen molar-refractivity contribution in [1.82, 2.24) is 10.2 Å². The van der Waals surface area contributed by atoms with Gasteiger partial charge in [-0.3, -0.25) is 0 Å². The van der Waals surface area contributed by atoms with Gasteiger partial charge in [-0.2, -0.15) is 0 Å². The van der Waals surface area contributed by atoms with E-state index in [1.165, 1.54) is 0 Å². The standard InChI is InChI=1S/C17H27FN2O/c1-2-9-19-17(15-6-3-4-7-16(15)18)8-11-20-10-5-13-21-14-12-20/h3-4,6-7,17,19H,2,5,8-14H2,1H3. The molecule has 0 aromatic heterocycles. The Morgan fingerprint density at radius 3 is 2.95 bits per heavy atom. The van der Waals surface area contributed by atoms with Crippen LogP contribution in [0.25, 0.3) is 0 Å². The summed E-state index contributed by atoms with van der Waals surface area (Å²) in [6.45, 7) is 7.78. The fraction of sp³-hybridized carbons (Fsp3) is 0.647. The van der Waals surface area contributed by atoms with Crippen LogP contribution in [0.3, 0.4) is 0 Å². The van der Waals surface area contributed by atoms with Gasteiger partial charge in [0.05, 0.1) is 6.61 Å². The summed E-state index contributed by atoms with van der Waals surface area (Å²) in [5.74, 6) is -0.106. The summed E-state index contributed by atoms with van der Waals surface area (Å²) in [4.78, 5) is 2.43. The smallest absolute Gasteiger partial charge is 0.127 e. The molecule has 118 valence electrons. The van der Waals surface area contributed by atoms with Gasteiger partial charge >= 0.3 is 0 Å². The minimum absolute atomic E-state index is 0.0929. The maximum Gasteiger partial charge on any atom is 0.127 e. The molecule has 21 heavy (non-hydrogen) atoms. The zero-order chi connectivity index (χ0) is 14.9. The van der Waals surface area contributed by atoms with E-state index < -0.39 is 0 Å². The molecule has 1 fully saturated rings. The van der Waals surface area contributed by atoms with Crippen molar-refractivity contribution in [2.45, 2.75) is 32.2 Å². The van der Waals surface area contributed by atoms with E-state index in [1.807, 2.05) is 12.1 Å². The highest BCUT2D eigenvalue weighted by Gasteiger charge is 2.17. The lowest BCUT2D eigenvalue weighted by Crippen LogP contribution is -2.32. The molecule has 1 aromatic carbocycles. The molecule has 1 heterocycles. The van der Waals surface area contributed by atoms with E-state index in [0.717, 1.165) is 64.2 Å². The van der Waals surface area contributed by atoms with Crippen LogP contribution in [0.15, 0.2) is 24.3 Å². The van der Waals surface area contributed by atoms with Crippen molar-refractivity contribution in [3.05, 3.63) is 35.6 Å². The molecule has 1 N–H and O–H groups in total. The highest BCUT2D eigenvalue weighted by atomic mass is 19.1. The number of hydrogen-bond acceptors (Lipinski definition) is 3. The van der Waals surface area contributed by atoms with Crippen molar-refractivity contribution in [2.24, 2.45) is 0 Å². The average molecular weight is 294 g/mol. The third-order valence-corrected chi connectivity index (χ3v) is 3.97. The predicted octanol–water partition coefficient (Wildman–Crippen LogP) is 2.98. The Bertz CT molecular complexity index is 406. The average Bonchev–Trinajstić information content (AvgIpc) is 2.77. The molecule has 0 aliphatic carbocycles. The lowest BCUT2D eigenvalue weighted by atomic mass is 10.0. The zero-order valence-corrected chi connectivity index (χ0v) is 13.0. The topological polar surface area (TPSA) is 24.5 Å². The molecule has 2 rings (SSSR count). The number of halogens is 1. The van der Waals surface area contributed by atoms with Gasteiger partial charge in [-0.05, 0) is 31.9 Å². The van der Waals surface area contributed by atoms with E-state index >= 15 is 0 Å². The molecule has 0 saturated carbocycles. The molecular weight excluding hydrogens is 267 g/mol. The first-order valence-electron chi connectivity index (χ1n) is 8.09. The van der Waals surface area contributed by atoms with Crippen LogP contribution in [0.5, 0.6) is 0 Å². The zero-order valence-electron chi connectivity index (χ0n) is 13.0. The van der Waals surface area contributed by atoms with Crippen molar-refractivity contribution in [1.29, 1.82) is 0 Å². The lowest BCUT2D eigenvalue weighted by molar-refractivity contribution is 0.140. The first-order valence-corrected chi connectivity index (χ1v) is 8.09.